The number of hydrogen-bond donors (Lipinski definition) is 1. The minimum absolute atomic E-state index is 0.463. The van der Waals surface area contributed by atoms with E-state index in [0.717, 1.165) is 27.5 Å². The minimum atomic E-state index is 0.463. The number of rotatable bonds is 2. The standard InChI is InChI=1S/C15H10ClN5S/c16-11-4-5-21-12(8-18-13(21)7-11)9-2-1-3-10(6-9)14-19-20-15(17)22-14/h1-8H,(H2,17,20). The second kappa shape index (κ2) is 5.08. The summed E-state index contributed by atoms with van der Waals surface area (Å²) in [5, 5.41) is 9.88. The second-order valence-electron chi connectivity index (χ2n) is 4.74. The molecule has 0 aliphatic carbocycles. The summed E-state index contributed by atoms with van der Waals surface area (Å²) in [6.07, 6.45) is 3.74. The summed E-state index contributed by atoms with van der Waals surface area (Å²) < 4.78 is 2.00. The number of pyridine rings is 1. The summed E-state index contributed by atoms with van der Waals surface area (Å²) in [6.45, 7) is 0. The van der Waals surface area contributed by atoms with Crippen LogP contribution in [0.1, 0.15) is 0 Å². The minimum Gasteiger partial charge on any atom is -0.374 e. The van der Waals surface area contributed by atoms with Crippen LogP contribution < -0.4 is 5.73 Å². The van der Waals surface area contributed by atoms with E-state index in [0.29, 0.717) is 10.2 Å². The van der Waals surface area contributed by atoms with E-state index in [-0.39, 0.29) is 0 Å². The van der Waals surface area contributed by atoms with Gasteiger partial charge < -0.3 is 5.73 Å². The Labute approximate surface area is 135 Å². The molecule has 3 aromatic heterocycles. The van der Waals surface area contributed by atoms with E-state index in [4.69, 9.17) is 17.3 Å². The van der Waals surface area contributed by atoms with Crippen molar-refractivity contribution in [2.45, 2.75) is 0 Å². The van der Waals surface area contributed by atoms with Crippen molar-refractivity contribution in [1.29, 1.82) is 0 Å². The highest BCUT2D eigenvalue weighted by atomic mass is 35.5. The van der Waals surface area contributed by atoms with Gasteiger partial charge in [-0.05, 0) is 12.1 Å². The van der Waals surface area contributed by atoms with E-state index in [9.17, 15) is 0 Å². The number of halogens is 1. The van der Waals surface area contributed by atoms with Crippen LogP contribution in [-0.2, 0) is 0 Å². The van der Waals surface area contributed by atoms with Gasteiger partial charge in [-0.2, -0.15) is 0 Å². The summed E-state index contributed by atoms with van der Waals surface area (Å²) in [4.78, 5) is 4.40. The molecule has 0 radical (unpaired) electrons. The molecule has 0 spiro atoms. The first-order valence-electron chi connectivity index (χ1n) is 6.53. The maximum atomic E-state index is 6.00. The van der Waals surface area contributed by atoms with Gasteiger partial charge in [0.15, 0.2) is 0 Å². The molecule has 0 saturated heterocycles. The smallest absolute Gasteiger partial charge is 0.203 e. The molecule has 0 bridgehead atoms. The highest BCUT2D eigenvalue weighted by molar-refractivity contribution is 7.18. The number of imidazole rings is 1. The molecule has 7 heteroatoms. The summed E-state index contributed by atoms with van der Waals surface area (Å²) in [6, 6.07) is 11.7. The molecule has 0 saturated carbocycles. The van der Waals surface area contributed by atoms with Crippen molar-refractivity contribution in [1.82, 2.24) is 19.6 Å². The van der Waals surface area contributed by atoms with Crippen LogP contribution in [0.3, 0.4) is 0 Å². The van der Waals surface area contributed by atoms with Crippen LogP contribution in [0.5, 0.6) is 0 Å². The molecule has 2 N–H and O–H groups in total. The molecule has 0 aliphatic rings. The fourth-order valence-electron chi connectivity index (χ4n) is 2.33. The van der Waals surface area contributed by atoms with E-state index >= 15 is 0 Å². The summed E-state index contributed by atoms with van der Waals surface area (Å²) in [5.74, 6) is 0. The van der Waals surface area contributed by atoms with E-state index in [1.807, 2.05) is 47.1 Å². The maximum Gasteiger partial charge on any atom is 0.203 e. The van der Waals surface area contributed by atoms with Gasteiger partial charge in [-0.1, -0.05) is 41.1 Å². The summed E-state index contributed by atoms with van der Waals surface area (Å²) in [5.41, 5.74) is 9.48. The topological polar surface area (TPSA) is 69.1 Å². The van der Waals surface area contributed by atoms with Crippen LogP contribution >= 0.6 is 22.9 Å². The van der Waals surface area contributed by atoms with Gasteiger partial charge >= 0.3 is 0 Å². The normalized spacial score (nSPS) is 11.1. The summed E-state index contributed by atoms with van der Waals surface area (Å²) >= 11 is 7.37. The van der Waals surface area contributed by atoms with E-state index in [1.165, 1.54) is 11.3 Å². The number of nitrogen functional groups attached to an aromatic ring is 1. The molecule has 0 amide bonds. The lowest BCUT2D eigenvalue weighted by Gasteiger charge is -2.04. The zero-order valence-electron chi connectivity index (χ0n) is 11.3. The van der Waals surface area contributed by atoms with Crippen molar-refractivity contribution in [3.63, 3.8) is 0 Å². The van der Waals surface area contributed by atoms with Crippen molar-refractivity contribution in [2.24, 2.45) is 0 Å². The van der Waals surface area contributed by atoms with Gasteiger partial charge in [-0.3, -0.25) is 4.40 Å². The Hall–Kier alpha value is -2.44. The van der Waals surface area contributed by atoms with Crippen LogP contribution in [0.15, 0.2) is 48.8 Å². The van der Waals surface area contributed by atoms with Gasteiger partial charge in [0, 0.05) is 28.4 Å². The third-order valence-corrected chi connectivity index (χ3v) is 4.36. The lowest BCUT2D eigenvalue weighted by Crippen LogP contribution is -1.88. The molecule has 0 unspecified atom stereocenters. The zero-order valence-corrected chi connectivity index (χ0v) is 12.8. The van der Waals surface area contributed by atoms with Crippen molar-refractivity contribution in [2.75, 3.05) is 5.73 Å². The fraction of sp³-hybridized carbons (Fsp3) is 0. The van der Waals surface area contributed by atoms with Crippen LogP contribution in [0.4, 0.5) is 5.13 Å². The van der Waals surface area contributed by atoms with Crippen LogP contribution in [0.2, 0.25) is 5.02 Å². The fourth-order valence-corrected chi connectivity index (χ4v) is 3.09. The Morgan fingerprint density at radius 1 is 1.09 bits per heavy atom. The van der Waals surface area contributed by atoms with Crippen LogP contribution in [-0.4, -0.2) is 19.6 Å². The predicted molar refractivity (Wildman–Crippen MR) is 89.0 cm³/mol. The number of nitrogens with zero attached hydrogens (tertiary/aromatic N) is 4. The Kier molecular flexibility index (Phi) is 3.06. The molecule has 3 heterocycles. The van der Waals surface area contributed by atoms with E-state index < -0.39 is 0 Å². The van der Waals surface area contributed by atoms with Crippen molar-refractivity contribution < 1.29 is 0 Å². The molecule has 22 heavy (non-hydrogen) atoms. The first-order valence-corrected chi connectivity index (χ1v) is 7.72. The van der Waals surface area contributed by atoms with Gasteiger partial charge in [0.1, 0.15) is 10.7 Å². The molecular formula is C15H10ClN5S. The average molecular weight is 328 g/mol. The number of hydrogen-bond acceptors (Lipinski definition) is 5. The van der Waals surface area contributed by atoms with Crippen molar-refractivity contribution in [3.05, 3.63) is 53.8 Å². The van der Waals surface area contributed by atoms with E-state index in [2.05, 4.69) is 21.2 Å². The molecule has 1 aromatic carbocycles. The maximum absolute atomic E-state index is 6.00. The number of fused-ring (bicyclic) bond motifs is 1. The molecular weight excluding hydrogens is 318 g/mol. The number of nitrogens with two attached hydrogens (primary N) is 1. The highest BCUT2D eigenvalue weighted by Gasteiger charge is 2.09. The Balaban J connectivity index is 1.85. The molecule has 5 nitrogen and oxygen atoms in total. The first-order chi connectivity index (χ1) is 10.7. The number of anilines is 1. The number of aromatic nitrogens is 4. The Morgan fingerprint density at radius 2 is 1.95 bits per heavy atom. The molecule has 0 atom stereocenters. The third kappa shape index (κ3) is 2.22. The highest BCUT2D eigenvalue weighted by Crippen LogP contribution is 2.29. The molecule has 0 aliphatic heterocycles. The zero-order chi connectivity index (χ0) is 15.1. The first kappa shape index (κ1) is 13.2. The lowest BCUT2D eigenvalue weighted by atomic mass is 10.1. The Bertz CT molecular complexity index is 975. The largest absolute Gasteiger partial charge is 0.374 e. The van der Waals surface area contributed by atoms with E-state index in [1.54, 1.807) is 0 Å². The summed E-state index contributed by atoms with van der Waals surface area (Å²) in [7, 11) is 0. The predicted octanol–water partition coefficient (Wildman–Crippen LogP) is 3.76. The molecule has 4 aromatic rings. The quantitative estimate of drug-likeness (QED) is 0.608. The molecule has 108 valence electrons. The van der Waals surface area contributed by atoms with Crippen molar-refractivity contribution >= 4 is 33.7 Å². The SMILES string of the molecule is Nc1nnc(-c2cccc(-c3cnc4cc(Cl)ccn34)c2)s1. The lowest BCUT2D eigenvalue weighted by molar-refractivity contribution is 1.10. The van der Waals surface area contributed by atoms with Crippen LogP contribution in [0, 0.1) is 0 Å². The van der Waals surface area contributed by atoms with Gasteiger partial charge in [0.05, 0.1) is 11.9 Å². The Morgan fingerprint density at radius 3 is 2.77 bits per heavy atom. The average Bonchev–Trinajstić information content (AvgIpc) is 3.13. The number of benzene rings is 1. The van der Waals surface area contributed by atoms with Gasteiger partial charge in [0.25, 0.3) is 0 Å². The monoisotopic (exact) mass is 327 g/mol. The third-order valence-electron chi connectivity index (χ3n) is 3.32. The van der Waals surface area contributed by atoms with Crippen LogP contribution in [0.25, 0.3) is 27.5 Å². The van der Waals surface area contributed by atoms with Gasteiger partial charge in [0.2, 0.25) is 5.13 Å². The van der Waals surface area contributed by atoms with Gasteiger partial charge in [-0.25, -0.2) is 4.98 Å². The molecule has 4 rings (SSSR count). The molecule has 0 fully saturated rings. The van der Waals surface area contributed by atoms with Crippen molar-refractivity contribution in [3.8, 4) is 21.8 Å². The second-order valence-corrected chi connectivity index (χ2v) is 6.19. The van der Waals surface area contributed by atoms with Gasteiger partial charge in [-0.15, -0.1) is 10.2 Å².